The van der Waals surface area contributed by atoms with Crippen molar-refractivity contribution in [1.82, 2.24) is 0 Å². The first kappa shape index (κ1) is 29.8. The summed E-state index contributed by atoms with van der Waals surface area (Å²) in [5.74, 6) is -2.01. The third-order valence-corrected chi connectivity index (χ3v) is 4.13. The number of benzene rings is 1. The average molecular weight is 411 g/mol. The number of carboxylic acid groups (broad SMARTS) is 1. The predicted octanol–water partition coefficient (Wildman–Crippen LogP) is 2.09. The summed E-state index contributed by atoms with van der Waals surface area (Å²) < 4.78 is 4.85. The number of carboxylic acids is 1. The molecule has 0 radical (unpaired) electrons. The van der Waals surface area contributed by atoms with Gasteiger partial charge in [0, 0.05) is 6.08 Å². The molecular weight excluding hydrogens is 375 g/mol. The van der Waals surface area contributed by atoms with Gasteiger partial charge in [-0.2, -0.15) is 0 Å². The van der Waals surface area contributed by atoms with E-state index in [2.05, 4.69) is 13.5 Å². The van der Waals surface area contributed by atoms with E-state index in [9.17, 15) is 14.7 Å². The molecule has 29 heavy (non-hydrogen) atoms. The van der Waals surface area contributed by atoms with E-state index >= 15 is 0 Å². The second-order valence-electron chi connectivity index (χ2n) is 6.62. The molecule has 1 aromatic rings. The third kappa shape index (κ3) is 22.8. The second-order valence-corrected chi connectivity index (χ2v) is 6.62. The standard InChI is InChI=1S/C16H28O4.C8H8.Na/c1-2-3-4-5-6-7-8-9-10-11-14-20-16(19)13-12-15(17)18;1-2-8-6-4-3-5-7-8;/h12-13H,2-11,14H2,1H3,(H,17,18);2-7H,1H2;/q;;+1/p-1/b13-12-;;. The Morgan fingerprint density at radius 2 is 1.41 bits per heavy atom. The third-order valence-electron chi connectivity index (χ3n) is 4.13. The molecule has 0 amide bonds. The Bertz CT molecular complexity index is 555. The van der Waals surface area contributed by atoms with Crippen molar-refractivity contribution in [3.05, 3.63) is 54.6 Å². The van der Waals surface area contributed by atoms with Crippen LogP contribution >= 0.6 is 0 Å². The quantitative estimate of drug-likeness (QED) is 0.204. The molecule has 0 N–H and O–H groups in total. The van der Waals surface area contributed by atoms with Crippen LogP contribution in [0.1, 0.15) is 76.7 Å². The Kier molecular flexibility index (Phi) is 23.6. The summed E-state index contributed by atoms with van der Waals surface area (Å²) in [5, 5.41) is 10.1. The molecule has 0 saturated heterocycles. The molecule has 0 unspecified atom stereocenters. The minimum Gasteiger partial charge on any atom is -0.545 e. The van der Waals surface area contributed by atoms with Gasteiger partial charge in [0.1, 0.15) is 0 Å². The maximum absolute atomic E-state index is 11.0. The molecule has 0 bridgehead atoms. The van der Waals surface area contributed by atoms with E-state index in [1.54, 1.807) is 0 Å². The number of ether oxygens (including phenoxy) is 1. The van der Waals surface area contributed by atoms with Gasteiger partial charge in [0.2, 0.25) is 0 Å². The van der Waals surface area contributed by atoms with Crippen LogP contribution in [0, 0.1) is 0 Å². The van der Waals surface area contributed by atoms with Gasteiger partial charge in [-0.3, -0.25) is 0 Å². The van der Waals surface area contributed by atoms with Crippen LogP contribution in [0.3, 0.4) is 0 Å². The van der Waals surface area contributed by atoms with Crippen molar-refractivity contribution in [2.45, 2.75) is 71.1 Å². The molecule has 156 valence electrons. The SMILES string of the molecule is C=Cc1ccccc1.CCCCCCCCCCCCOC(=O)/C=C\C(=O)[O-].[Na+]. The molecule has 0 aromatic heterocycles. The summed E-state index contributed by atoms with van der Waals surface area (Å²) in [7, 11) is 0. The smallest absolute Gasteiger partial charge is 0.545 e. The van der Waals surface area contributed by atoms with Gasteiger partial charge in [0.05, 0.1) is 12.6 Å². The van der Waals surface area contributed by atoms with Crippen LogP contribution in [0.4, 0.5) is 0 Å². The number of aliphatic carboxylic acids is 1. The summed E-state index contributed by atoms with van der Waals surface area (Å²) >= 11 is 0. The molecule has 4 nitrogen and oxygen atoms in total. The van der Waals surface area contributed by atoms with Gasteiger partial charge in [-0.15, -0.1) is 0 Å². The van der Waals surface area contributed by atoms with Gasteiger partial charge in [-0.25, -0.2) is 4.79 Å². The average Bonchev–Trinajstić information content (AvgIpc) is 2.71. The fourth-order valence-corrected chi connectivity index (χ4v) is 2.54. The summed E-state index contributed by atoms with van der Waals surface area (Å²) in [6, 6.07) is 10.0. The van der Waals surface area contributed by atoms with E-state index in [-0.39, 0.29) is 29.6 Å². The molecule has 0 aliphatic rings. The molecular formula is C24H35NaO4. The normalized spacial score (nSPS) is 9.83. The van der Waals surface area contributed by atoms with Gasteiger partial charge in [-0.1, -0.05) is 108 Å². The Labute approximate surface area is 198 Å². The summed E-state index contributed by atoms with van der Waals surface area (Å²) in [4.78, 5) is 21.1. The van der Waals surface area contributed by atoms with Crippen LogP contribution in [0.15, 0.2) is 49.1 Å². The maximum Gasteiger partial charge on any atom is 1.00 e. The van der Waals surface area contributed by atoms with Crippen LogP contribution in [0.5, 0.6) is 0 Å². The zero-order chi connectivity index (χ0) is 20.9. The summed E-state index contributed by atoms with van der Waals surface area (Å²) in [6.45, 7) is 6.21. The molecule has 0 heterocycles. The molecule has 0 aliphatic carbocycles. The number of unbranched alkanes of at least 4 members (excludes halogenated alkanes) is 9. The summed E-state index contributed by atoms with van der Waals surface area (Å²) in [5.41, 5.74) is 1.17. The van der Waals surface area contributed by atoms with Crippen molar-refractivity contribution in [3.63, 3.8) is 0 Å². The summed E-state index contributed by atoms with van der Waals surface area (Å²) in [6.07, 6.45) is 15.6. The first-order valence-electron chi connectivity index (χ1n) is 10.3. The number of hydrogen-bond acceptors (Lipinski definition) is 4. The van der Waals surface area contributed by atoms with Crippen molar-refractivity contribution >= 4 is 18.0 Å². The van der Waals surface area contributed by atoms with Crippen LogP contribution in [0.2, 0.25) is 0 Å². The Balaban J connectivity index is 0. The maximum atomic E-state index is 11.0. The molecule has 0 fully saturated rings. The molecule has 1 rings (SSSR count). The largest absolute Gasteiger partial charge is 1.00 e. The van der Waals surface area contributed by atoms with Crippen LogP contribution in [-0.4, -0.2) is 18.5 Å². The number of rotatable bonds is 14. The van der Waals surface area contributed by atoms with E-state index in [1.165, 1.54) is 56.9 Å². The van der Waals surface area contributed by atoms with Crippen molar-refractivity contribution in [3.8, 4) is 0 Å². The van der Waals surface area contributed by atoms with Crippen LogP contribution in [-0.2, 0) is 14.3 Å². The number of esters is 1. The zero-order valence-corrected chi connectivity index (χ0v) is 20.2. The van der Waals surface area contributed by atoms with E-state index in [0.717, 1.165) is 18.9 Å². The topological polar surface area (TPSA) is 66.4 Å². The van der Waals surface area contributed by atoms with Crippen molar-refractivity contribution in [2.75, 3.05) is 6.61 Å². The fraction of sp³-hybridized carbons (Fsp3) is 0.500. The number of carbonyl (C=O) groups excluding carboxylic acids is 2. The minimum absolute atomic E-state index is 0. The van der Waals surface area contributed by atoms with Gasteiger partial charge in [0.25, 0.3) is 0 Å². The van der Waals surface area contributed by atoms with Crippen LogP contribution in [0.25, 0.3) is 6.08 Å². The van der Waals surface area contributed by atoms with Gasteiger partial charge < -0.3 is 14.6 Å². The first-order chi connectivity index (χ1) is 13.6. The first-order valence-corrected chi connectivity index (χ1v) is 10.3. The predicted molar refractivity (Wildman–Crippen MR) is 113 cm³/mol. The molecule has 0 aliphatic heterocycles. The van der Waals surface area contributed by atoms with Gasteiger partial charge >= 0.3 is 35.5 Å². The Morgan fingerprint density at radius 1 is 0.897 bits per heavy atom. The number of hydrogen-bond donors (Lipinski definition) is 0. The molecule has 0 atom stereocenters. The van der Waals surface area contributed by atoms with Crippen molar-refractivity contribution < 1.29 is 49.0 Å². The zero-order valence-electron chi connectivity index (χ0n) is 18.2. The number of carbonyl (C=O) groups is 2. The van der Waals surface area contributed by atoms with E-state index < -0.39 is 11.9 Å². The fourth-order valence-electron chi connectivity index (χ4n) is 2.54. The van der Waals surface area contributed by atoms with Crippen molar-refractivity contribution in [1.29, 1.82) is 0 Å². The second kappa shape index (κ2) is 22.9. The van der Waals surface area contributed by atoms with Crippen LogP contribution < -0.4 is 34.7 Å². The monoisotopic (exact) mass is 410 g/mol. The van der Waals surface area contributed by atoms with E-state index in [4.69, 9.17) is 4.74 Å². The molecule has 0 saturated carbocycles. The molecule has 5 heteroatoms. The van der Waals surface area contributed by atoms with Gasteiger partial charge in [0.15, 0.2) is 0 Å². The van der Waals surface area contributed by atoms with Gasteiger partial charge in [-0.05, 0) is 18.1 Å². The van der Waals surface area contributed by atoms with E-state index in [0.29, 0.717) is 12.7 Å². The Hall–Kier alpha value is -1.36. The Morgan fingerprint density at radius 3 is 1.86 bits per heavy atom. The molecule has 0 spiro atoms. The van der Waals surface area contributed by atoms with Crippen molar-refractivity contribution in [2.24, 2.45) is 0 Å². The minimum atomic E-state index is -1.39. The van der Waals surface area contributed by atoms with E-state index in [1.807, 2.05) is 36.4 Å². The molecule has 1 aromatic carbocycles.